The molecule has 0 radical (unpaired) electrons. The van der Waals surface area contributed by atoms with E-state index in [1.165, 1.54) is 11.3 Å². The summed E-state index contributed by atoms with van der Waals surface area (Å²) in [6.07, 6.45) is 0. The van der Waals surface area contributed by atoms with E-state index in [9.17, 15) is 9.59 Å². The Kier molecular flexibility index (Phi) is 4.59. The Morgan fingerprint density at radius 3 is 2.96 bits per heavy atom. The maximum atomic E-state index is 11.9. The molecule has 0 unspecified atom stereocenters. The maximum Gasteiger partial charge on any atom is 0.437 e. The van der Waals surface area contributed by atoms with Crippen LogP contribution in [0.25, 0.3) is 10.8 Å². The third-order valence-corrected chi connectivity index (χ3v) is 4.10. The lowest BCUT2D eigenvalue weighted by Crippen LogP contribution is -2.31. The van der Waals surface area contributed by atoms with Gasteiger partial charge in [-0.3, -0.25) is 4.79 Å². The molecule has 0 saturated carbocycles. The first-order chi connectivity index (χ1) is 11.1. The highest BCUT2D eigenvalue weighted by atomic mass is 35.5. The van der Waals surface area contributed by atoms with Gasteiger partial charge < -0.3 is 9.73 Å². The van der Waals surface area contributed by atoms with Crippen molar-refractivity contribution in [3.05, 3.63) is 62.9 Å². The Labute approximate surface area is 140 Å². The fraction of sp³-hybridized carbons (Fsp3) is 0.133. The summed E-state index contributed by atoms with van der Waals surface area (Å²) in [5, 5.41) is 9.19. The Hall–Kier alpha value is -2.38. The fourth-order valence-electron chi connectivity index (χ4n) is 1.95. The van der Waals surface area contributed by atoms with Gasteiger partial charge in [-0.15, -0.1) is 16.4 Å². The quantitative estimate of drug-likeness (QED) is 0.767. The first kappa shape index (κ1) is 15.5. The maximum absolute atomic E-state index is 11.9. The lowest BCUT2D eigenvalue weighted by molar-refractivity contribution is -0.122. The van der Waals surface area contributed by atoms with Gasteiger partial charge in [-0.25, -0.2) is 4.79 Å². The van der Waals surface area contributed by atoms with Crippen LogP contribution in [0.3, 0.4) is 0 Å². The summed E-state index contributed by atoms with van der Waals surface area (Å²) in [5.74, 6) is -0.781. The number of amides is 1. The Morgan fingerprint density at radius 1 is 1.35 bits per heavy atom. The number of benzene rings is 1. The number of nitrogens with zero attached hydrogens (tertiary/aromatic N) is 2. The Balaban J connectivity index is 1.63. The van der Waals surface area contributed by atoms with Gasteiger partial charge in [-0.05, 0) is 29.1 Å². The molecule has 1 amide bonds. The molecule has 2 heterocycles. The molecule has 0 fully saturated rings. The molecule has 1 N–H and O–H groups in total. The summed E-state index contributed by atoms with van der Waals surface area (Å²) in [7, 11) is 0. The van der Waals surface area contributed by atoms with E-state index in [2.05, 4.69) is 10.4 Å². The zero-order chi connectivity index (χ0) is 16.2. The van der Waals surface area contributed by atoms with Crippen LogP contribution < -0.4 is 11.1 Å². The number of hydrogen-bond donors (Lipinski definition) is 1. The molecule has 0 saturated heterocycles. The summed E-state index contributed by atoms with van der Waals surface area (Å²) in [4.78, 5) is 24.4. The van der Waals surface area contributed by atoms with Crippen LogP contribution in [0.4, 0.5) is 0 Å². The van der Waals surface area contributed by atoms with Gasteiger partial charge in [0.15, 0.2) is 0 Å². The van der Waals surface area contributed by atoms with Crippen molar-refractivity contribution in [2.24, 2.45) is 0 Å². The van der Waals surface area contributed by atoms with Crippen molar-refractivity contribution in [2.45, 2.75) is 13.1 Å². The smallest absolute Gasteiger partial charge is 0.387 e. The Morgan fingerprint density at radius 2 is 2.22 bits per heavy atom. The number of hydrogen-bond acceptors (Lipinski definition) is 5. The molecule has 0 bridgehead atoms. The average molecular weight is 350 g/mol. The minimum Gasteiger partial charge on any atom is -0.387 e. The van der Waals surface area contributed by atoms with Gasteiger partial charge in [-0.1, -0.05) is 29.8 Å². The van der Waals surface area contributed by atoms with Crippen LogP contribution in [0, 0.1) is 0 Å². The molecule has 0 spiro atoms. The molecule has 1 aromatic carbocycles. The van der Waals surface area contributed by atoms with Gasteiger partial charge >= 0.3 is 5.76 Å². The van der Waals surface area contributed by atoms with Crippen molar-refractivity contribution in [1.29, 1.82) is 0 Å². The van der Waals surface area contributed by atoms with Crippen LogP contribution in [-0.4, -0.2) is 15.7 Å². The summed E-state index contributed by atoms with van der Waals surface area (Å²) in [6.45, 7) is 0.123. The van der Waals surface area contributed by atoms with Crippen LogP contribution in [0.1, 0.15) is 5.56 Å². The summed E-state index contributed by atoms with van der Waals surface area (Å²) in [6, 6.07) is 10.8. The largest absolute Gasteiger partial charge is 0.437 e. The first-order valence-electron chi connectivity index (χ1n) is 6.75. The molecule has 23 heavy (non-hydrogen) atoms. The molecule has 8 heteroatoms. The average Bonchev–Trinajstić information content (AvgIpc) is 3.16. The highest BCUT2D eigenvalue weighted by Crippen LogP contribution is 2.20. The summed E-state index contributed by atoms with van der Waals surface area (Å²) in [5.41, 5.74) is 0.873. The standard InChI is InChI=1S/C15H12ClN3O3S/c16-11-4-1-3-10(7-11)8-17-13(20)9-19-15(21)22-14(18-19)12-5-2-6-23-12/h1-7H,8-9H2,(H,17,20). The molecule has 0 aliphatic heterocycles. The normalized spacial score (nSPS) is 10.7. The van der Waals surface area contributed by atoms with Gasteiger partial charge in [0.2, 0.25) is 5.91 Å². The number of aromatic nitrogens is 2. The van der Waals surface area contributed by atoms with Crippen LogP contribution >= 0.6 is 22.9 Å². The molecule has 3 rings (SSSR count). The van der Waals surface area contributed by atoms with E-state index >= 15 is 0 Å². The number of halogens is 1. The van der Waals surface area contributed by atoms with E-state index in [4.69, 9.17) is 16.0 Å². The zero-order valence-electron chi connectivity index (χ0n) is 11.9. The van der Waals surface area contributed by atoms with E-state index < -0.39 is 5.76 Å². The molecular weight excluding hydrogens is 338 g/mol. The van der Waals surface area contributed by atoms with Crippen molar-refractivity contribution in [3.63, 3.8) is 0 Å². The second-order valence-corrected chi connectivity index (χ2v) is 6.10. The molecule has 0 aliphatic rings. The van der Waals surface area contributed by atoms with Crippen molar-refractivity contribution in [3.8, 4) is 10.8 Å². The predicted molar refractivity (Wildman–Crippen MR) is 87.4 cm³/mol. The van der Waals surface area contributed by atoms with Crippen LogP contribution in [0.15, 0.2) is 51.0 Å². The van der Waals surface area contributed by atoms with Crippen LogP contribution in [0.5, 0.6) is 0 Å². The third kappa shape index (κ3) is 3.88. The molecule has 6 nitrogen and oxygen atoms in total. The Bertz CT molecular complexity index is 870. The summed E-state index contributed by atoms with van der Waals surface area (Å²) < 4.78 is 6.05. The number of carbonyl (C=O) groups is 1. The molecule has 0 atom stereocenters. The van der Waals surface area contributed by atoms with Crippen molar-refractivity contribution in [2.75, 3.05) is 0 Å². The van der Waals surface area contributed by atoms with Gasteiger partial charge in [0.25, 0.3) is 5.89 Å². The molecule has 118 valence electrons. The predicted octanol–water partition coefficient (Wildman–Crippen LogP) is 2.53. The van der Waals surface area contributed by atoms with E-state index in [1.807, 2.05) is 17.5 Å². The lowest BCUT2D eigenvalue weighted by Gasteiger charge is -2.04. The minimum absolute atomic E-state index is 0.200. The van der Waals surface area contributed by atoms with Crippen molar-refractivity contribution >= 4 is 28.8 Å². The van der Waals surface area contributed by atoms with E-state index in [0.29, 0.717) is 11.6 Å². The molecule has 0 aliphatic carbocycles. The molecular formula is C15H12ClN3O3S. The second-order valence-electron chi connectivity index (χ2n) is 4.71. The third-order valence-electron chi connectivity index (χ3n) is 3.01. The zero-order valence-corrected chi connectivity index (χ0v) is 13.4. The highest BCUT2D eigenvalue weighted by Gasteiger charge is 2.13. The summed E-state index contributed by atoms with van der Waals surface area (Å²) >= 11 is 7.29. The monoisotopic (exact) mass is 349 g/mol. The number of nitrogens with one attached hydrogen (secondary N) is 1. The van der Waals surface area contributed by atoms with Gasteiger partial charge in [0.05, 0.1) is 4.88 Å². The van der Waals surface area contributed by atoms with Gasteiger partial charge in [0.1, 0.15) is 6.54 Å². The van der Waals surface area contributed by atoms with E-state index in [0.717, 1.165) is 15.1 Å². The molecule has 3 aromatic rings. The minimum atomic E-state index is -0.661. The SMILES string of the molecule is O=C(Cn1nc(-c2cccs2)oc1=O)NCc1cccc(Cl)c1. The number of thiophene rings is 1. The number of carbonyl (C=O) groups excluding carboxylic acids is 1. The van der Waals surface area contributed by atoms with E-state index in [-0.39, 0.29) is 18.3 Å². The molecule has 2 aromatic heterocycles. The van der Waals surface area contributed by atoms with Gasteiger partial charge in [-0.2, -0.15) is 4.68 Å². The van der Waals surface area contributed by atoms with Crippen LogP contribution in [-0.2, 0) is 17.9 Å². The first-order valence-corrected chi connectivity index (χ1v) is 8.00. The topological polar surface area (TPSA) is 77.1 Å². The number of rotatable bonds is 5. The van der Waals surface area contributed by atoms with Crippen molar-refractivity contribution < 1.29 is 9.21 Å². The van der Waals surface area contributed by atoms with Crippen molar-refractivity contribution in [1.82, 2.24) is 15.1 Å². The second kappa shape index (κ2) is 6.80. The fourth-order valence-corrected chi connectivity index (χ4v) is 2.80. The lowest BCUT2D eigenvalue weighted by atomic mass is 10.2. The van der Waals surface area contributed by atoms with Gasteiger partial charge in [0, 0.05) is 11.6 Å². The van der Waals surface area contributed by atoms with E-state index in [1.54, 1.807) is 24.3 Å². The van der Waals surface area contributed by atoms with Crippen LogP contribution in [0.2, 0.25) is 5.02 Å². The highest BCUT2D eigenvalue weighted by molar-refractivity contribution is 7.13.